The lowest BCUT2D eigenvalue weighted by Gasteiger charge is -2.29. The zero-order chi connectivity index (χ0) is 35.1. The number of carbonyl (C=O) groups excluding carboxylic acids is 2. The molecule has 256 valence electrons. The molecule has 12 heteroatoms. The maximum atomic E-state index is 13.8. The fourth-order valence-corrected chi connectivity index (χ4v) is 6.34. The Morgan fingerprint density at radius 2 is 1.80 bits per heavy atom. The Morgan fingerprint density at radius 3 is 2.45 bits per heavy atom. The van der Waals surface area contributed by atoms with Crippen LogP contribution in [0.25, 0.3) is 5.57 Å². The predicted octanol–water partition coefficient (Wildman–Crippen LogP) is 3.63. The van der Waals surface area contributed by atoms with Crippen LogP contribution >= 0.6 is 0 Å². The van der Waals surface area contributed by atoms with Crippen LogP contribution in [-0.4, -0.2) is 92.9 Å². The third kappa shape index (κ3) is 7.98. The Bertz CT molecular complexity index is 1800. The van der Waals surface area contributed by atoms with Crippen molar-refractivity contribution < 1.29 is 14.3 Å². The van der Waals surface area contributed by atoms with Crippen molar-refractivity contribution in [1.29, 1.82) is 5.41 Å². The van der Waals surface area contributed by atoms with Gasteiger partial charge in [0.15, 0.2) is 0 Å². The monoisotopic (exact) mass is 663 g/mol. The summed E-state index contributed by atoms with van der Waals surface area (Å²) in [5, 5.41) is 8.84. The highest BCUT2D eigenvalue weighted by Gasteiger charge is 2.33. The first-order chi connectivity index (χ1) is 23.6. The molecule has 1 atom stereocenters. The molecule has 12 nitrogen and oxygen atoms in total. The molecule has 7 N–H and O–H groups in total. The molecule has 2 aliphatic heterocycles. The normalized spacial score (nSPS) is 16.9. The van der Waals surface area contributed by atoms with Gasteiger partial charge in [-0.2, -0.15) is 0 Å². The van der Waals surface area contributed by atoms with E-state index in [1.165, 1.54) is 11.9 Å². The molecule has 2 heterocycles. The van der Waals surface area contributed by atoms with E-state index < -0.39 is 0 Å². The van der Waals surface area contributed by atoms with Gasteiger partial charge in [0, 0.05) is 61.3 Å². The number of likely N-dealkylation sites (tertiary alicyclic amines) is 1. The minimum atomic E-state index is -0.237. The highest BCUT2D eigenvalue weighted by Crippen LogP contribution is 2.29. The van der Waals surface area contributed by atoms with Crippen LogP contribution in [0, 0.1) is 11.3 Å². The summed E-state index contributed by atoms with van der Waals surface area (Å²) in [6.45, 7) is 5.04. The van der Waals surface area contributed by atoms with Crippen LogP contribution in [0.5, 0.6) is 5.75 Å². The maximum Gasteiger partial charge on any atom is 0.237 e. The van der Waals surface area contributed by atoms with E-state index in [1.807, 2.05) is 42.2 Å². The number of nitrogens with zero attached hydrogens (tertiary/aromatic N) is 5. The molecule has 0 bridgehead atoms. The molecule has 1 saturated heterocycles. The first-order valence-electron chi connectivity index (χ1n) is 16.4. The highest BCUT2D eigenvalue weighted by atomic mass is 16.5. The number of benzene rings is 3. The lowest BCUT2D eigenvalue weighted by Crippen LogP contribution is -2.42. The van der Waals surface area contributed by atoms with Gasteiger partial charge in [0.25, 0.3) is 0 Å². The Morgan fingerprint density at radius 1 is 1.04 bits per heavy atom. The van der Waals surface area contributed by atoms with E-state index in [-0.39, 0.29) is 30.0 Å². The summed E-state index contributed by atoms with van der Waals surface area (Å²) in [5.41, 5.74) is 24.4. The van der Waals surface area contributed by atoms with Crippen LogP contribution in [0.15, 0.2) is 76.7 Å². The van der Waals surface area contributed by atoms with E-state index in [4.69, 9.17) is 27.3 Å². The maximum absolute atomic E-state index is 13.8. The van der Waals surface area contributed by atoms with E-state index in [0.29, 0.717) is 78.9 Å². The number of aliphatic imine (C=N–C) groups is 2. The average Bonchev–Trinajstić information content (AvgIpc) is 3.59. The summed E-state index contributed by atoms with van der Waals surface area (Å²) in [4.78, 5) is 40.7. The average molecular weight is 664 g/mol. The summed E-state index contributed by atoms with van der Waals surface area (Å²) in [6, 6.07) is 18.4. The molecule has 0 spiro atoms. The molecule has 1 fully saturated rings. The topological polar surface area (TPSA) is 180 Å². The largest absolute Gasteiger partial charge is 0.495 e. The molecule has 49 heavy (non-hydrogen) atoms. The van der Waals surface area contributed by atoms with Gasteiger partial charge in [0.1, 0.15) is 17.9 Å². The molecular weight excluding hydrogens is 618 g/mol. The van der Waals surface area contributed by atoms with E-state index in [2.05, 4.69) is 21.0 Å². The Balaban J connectivity index is 1.17. The molecule has 0 aliphatic carbocycles. The first-order valence-corrected chi connectivity index (χ1v) is 16.4. The number of hydrogen-bond acceptors (Lipinski definition) is 8. The van der Waals surface area contributed by atoms with Crippen LogP contribution in [0.4, 0.5) is 17.1 Å². The Labute approximate surface area is 287 Å². The van der Waals surface area contributed by atoms with Crippen molar-refractivity contribution in [3.05, 3.63) is 89.0 Å². The number of hydrogen-bond donors (Lipinski definition) is 4. The van der Waals surface area contributed by atoms with Gasteiger partial charge in [-0.15, -0.1) is 0 Å². The second-order valence-corrected chi connectivity index (χ2v) is 12.2. The van der Waals surface area contributed by atoms with Crippen LogP contribution < -0.4 is 26.8 Å². The molecule has 2 amide bonds. The van der Waals surface area contributed by atoms with Gasteiger partial charge in [-0.1, -0.05) is 30.3 Å². The van der Waals surface area contributed by atoms with Gasteiger partial charge in [-0.25, -0.2) is 4.99 Å². The second-order valence-electron chi connectivity index (χ2n) is 12.2. The molecule has 0 aromatic heterocycles. The number of methoxy groups -OCH3 is 1. The molecule has 0 saturated carbocycles. The van der Waals surface area contributed by atoms with E-state index >= 15 is 0 Å². The number of rotatable bonds is 11. The smallest absolute Gasteiger partial charge is 0.237 e. The van der Waals surface area contributed by atoms with Crippen molar-refractivity contribution in [2.45, 2.75) is 19.8 Å². The number of anilines is 3. The number of amides is 2. The molecule has 3 aromatic carbocycles. The van der Waals surface area contributed by atoms with Gasteiger partial charge in [0.2, 0.25) is 11.8 Å². The number of nitrogen functional groups attached to an aromatic ring is 2. The predicted molar refractivity (Wildman–Crippen MR) is 198 cm³/mol. The molecular formula is C37H45N9O3. The number of amidine groups is 1. The Kier molecular flexibility index (Phi) is 11.1. The third-order valence-electron chi connectivity index (χ3n) is 9.12. The quantitative estimate of drug-likeness (QED) is 0.137. The highest BCUT2D eigenvalue weighted by molar-refractivity contribution is 6.15. The van der Waals surface area contributed by atoms with Crippen LogP contribution in [0.3, 0.4) is 0 Å². The Hall–Kier alpha value is -5.49. The second kappa shape index (κ2) is 15.6. The molecule has 5 rings (SSSR count). The van der Waals surface area contributed by atoms with E-state index in [1.54, 1.807) is 49.4 Å². The number of carbonyl (C=O) groups is 2. The fourth-order valence-electron chi connectivity index (χ4n) is 6.34. The summed E-state index contributed by atoms with van der Waals surface area (Å²) in [5.74, 6) is 0.765. The summed E-state index contributed by atoms with van der Waals surface area (Å²) >= 11 is 0. The van der Waals surface area contributed by atoms with Crippen molar-refractivity contribution in [2.75, 3.05) is 69.8 Å². The summed E-state index contributed by atoms with van der Waals surface area (Å²) in [7, 11) is 3.18. The van der Waals surface area contributed by atoms with Crippen molar-refractivity contribution in [3.8, 4) is 5.75 Å². The molecule has 0 unspecified atom stereocenters. The zero-order valence-electron chi connectivity index (χ0n) is 28.4. The molecule has 0 radical (unpaired) electrons. The third-order valence-corrected chi connectivity index (χ3v) is 9.12. The summed E-state index contributed by atoms with van der Waals surface area (Å²) in [6.07, 6.45) is 4.96. The zero-order valence-corrected chi connectivity index (χ0v) is 28.4. The molecule has 2 aliphatic rings. The first kappa shape index (κ1) is 34.8. The SMILES string of the molecule is CCN(C(=O)[C@@H]1CCN(CC(=O)N2CC=C(c3ccc(C(N)=NC=NC)cc3)CC2)C1)c1ccc(N)c(C(=N)c2ccc(OC)c(N)c2)c1. The van der Waals surface area contributed by atoms with E-state index in [0.717, 1.165) is 17.5 Å². The van der Waals surface area contributed by atoms with Gasteiger partial charge in [0.05, 0.1) is 31.0 Å². The minimum absolute atomic E-state index is 0.00326. The van der Waals surface area contributed by atoms with Crippen molar-refractivity contribution in [3.63, 3.8) is 0 Å². The van der Waals surface area contributed by atoms with Crippen LogP contribution in [0.1, 0.15) is 42.0 Å². The lowest BCUT2D eigenvalue weighted by atomic mass is 9.98. The van der Waals surface area contributed by atoms with Gasteiger partial charge >= 0.3 is 0 Å². The summed E-state index contributed by atoms with van der Waals surface area (Å²) < 4.78 is 5.24. The number of ether oxygens (including phenoxy) is 1. The van der Waals surface area contributed by atoms with Crippen LogP contribution in [-0.2, 0) is 9.59 Å². The van der Waals surface area contributed by atoms with Crippen molar-refractivity contribution in [1.82, 2.24) is 9.80 Å². The minimum Gasteiger partial charge on any atom is -0.495 e. The number of nitrogens with two attached hydrogens (primary N) is 3. The van der Waals surface area contributed by atoms with Gasteiger partial charge in [-0.05, 0) is 73.8 Å². The van der Waals surface area contributed by atoms with Crippen molar-refractivity contribution in [2.24, 2.45) is 21.6 Å². The van der Waals surface area contributed by atoms with E-state index in [9.17, 15) is 9.59 Å². The number of nitrogens with one attached hydrogen (secondary N) is 1. The van der Waals surface area contributed by atoms with Crippen molar-refractivity contribution >= 4 is 52.3 Å². The fraction of sp³-hybridized carbons (Fsp3) is 0.324. The van der Waals surface area contributed by atoms with Gasteiger partial charge in [-0.3, -0.25) is 24.9 Å². The van der Waals surface area contributed by atoms with Crippen LogP contribution in [0.2, 0.25) is 0 Å². The standard InChI is InChI=1S/C37H45N9O3/c1-4-46(29-10-11-31(38)30(20-29)35(40)27-9-12-33(49-3)32(39)19-27)37(48)28-13-16-44(21-28)22-34(47)45-17-14-25(15-18-45)24-5-7-26(8-6-24)36(41)43-23-42-2/h5-12,14,19-20,23,28,40H,4,13,15-18,21-22,38-39H2,1-3H3,(H2,41,42,43)/t28-/m1/s1. The lowest BCUT2D eigenvalue weighted by molar-refractivity contribution is -0.132. The van der Waals surface area contributed by atoms with Gasteiger partial charge < -0.3 is 31.7 Å². The molecule has 3 aromatic rings.